The molecule has 0 aliphatic carbocycles. The van der Waals surface area contributed by atoms with E-state index in [9.17, 15) is 4.79 Å². The third kappa shape index (κ3) is 5.00. The smallest absolute Gasteiger partial charge is 0.305 e. The van der Waals surface area contributed by atoms with Crippen molar-refractivity contribution in [3.8, 4) is 5.75 Å². The van der Waals surface area contributed by atoms with Gasteiger partial charge in [-0.25, -0.2) is 0 Å². The molecule has 82 valence electrons. The number of rotatable bonds is 6. The molecule has 0 amide bonds. The van der Waals surface area contributed by atoms with Gasteiger partial charge < -0.3 is 9.47 Å². The summed E-state index contributed by atoms with van der Waals surface area (Å²) in [6.45, 7) is 2.75. The highest BCUT2D eigenvalue weighted by Gasteiger charge is 2.00. The Morgan fingerprint density at radius 1 is 1.40 bits per heavy atom. The molecular weight excluding hydrogens is 194 g/mol. The van der Waals surface area contributed by atoms with Crippen molar-refractivity contribution in [1.82, 2.24) is 4.98 Å². The van der Waals surface area contributed by atoms with Crippen LogP contribution >= 0.6 is 0 Å². The van der Waals surface area contributed by atoms with E-state index in [0.717, 1.165) is 5.75 Å². The minimum absolute atomic E-state index is 0.171. The van der Waals surface area contributed by atoms with Gasteiger partial charge >= 0.3 is 5.97 Å². The van der Waals surface area contributed by atoms with Crippen molar-refractivity contribution in [2.45, 2.75) is 19.8 Å². The second-order valence-corrected chi connectivity index (χ2v) is 2.94. The Morgan fingerprint density at radius 2 is 2.13 bits per heavy atom. The zero-order valence-electron chi connectivity index (χ0n) is 8.81. The molecule has 0 bridgehead atoms. The first-order valence-corrected chi connectivity index (χ1v) is 5.01. The Hall–Kier alpha value is -1.58. The van der Waals surface area contributed by atoms with E-state index in [2.05, 4.69) is 4.98 Å². The molecule has 1 aromatic heterocycles. The molecule has 0 radical (unpaired) electrons. The number of aromatic nitrogens is 1. The fourth-order valence-corrected chi connectivity index (χ4v) is 1.07. The summed E-state index contributed by atoms with van der Waals surface area (Å²) in [6, 6.07) is 3.56. The van der Waals surface area contributed by atoms with Crippen LogP contribution in [0.4, 0.5) is 0 Å². The molecule has 15 heavy (non-hydrogen) atoms. The Bertz CT molecular complexity index is 287. The molecule has 0 aliphatic rings. The molecule has 1 aromatic rings. The molecule has 4 heteroatoms. The molecule has 0 fully saturated rings. The second-order valence-electron chi connectivity index (χ2n) is 2.94. The van der Waals surface area contributed by atoms with Gasteiger partial charge in [0.25, 0.3) is 0 Å². The van der Waals surface area contributed by atoms with Crippen LogP contribution in [0.3, 0.4) is 0 Å². The van der Waals surface area contributed by atoms with Crippen LogP contribution in [-0.2, 0) is 9.53 Å². The molecular formula is C11H15NO3. The van der Waals surface area contributed by atoms with Gasteiger partial charge in [-0.05, 0) is 25.5 Å². The van der Waals surface area contributed by atoms with Gasteiger partial charge in [0, 0.05) is 18.8 Å². The Balaban J connectivity index is 2.10. The van der Waals surface area contributed by atoms with Crippen LogP contribution < -0.4 is 4.74 Å². The fraction of sp³-hybridized carbons (Fsp3) is 0.455. The van der Waals surface area contributed by atoms with Crippen molar-refractivity contribution < 1.29 is 14.3 Å². The van der Waals surface area contributed by atoms with E-state index in [4.69, 9.17) is 9.47 Å². The summed E-state index contributed by atoms with van der Waals surface area (Å²) in [7, 11) is 0. The molecule has 0 saturated heterocycles. The largest absolute Gasteiger partial charge is 0.493 e. The van der Waals surface area contributed by atoms with Gasteiger partial charge in [-0.3, -0.25) is 9.78 Å². The molecule has 4 nitrogen and oxygen atoms in total. The van der Waals surface area contributed by atoms with Crippen molar-refractivity contribution in [3.63, 3.8) is 0 Å². The van der Waals surface area contributed by atoms with E-state index < -0.39 is 0 Å². The Kier molecular flexibility index (Phi) is 5.22. The van der Waals surface area contributed by atoms with E-state index in [-0.39, 0.29) is 5.97 Å². The first-order chi connectivity index (χ1) is 7.33. The third-order valence-electron chi connectivity index (χ3n) is 1.75. The van der Waals surface area contributed by atoms with Crippen LogP contribution in [0.5, 0.6) is 5.75 Å². The van der Waals surface area contributed by atoms with Crippen LogP contribution in [0.1, 0.15) is 19.8 Å². The number of hydrogen-bond donors (Lipinski definition) is 0. The van der Waals surface area contributed by atoms with Crippen molar-refractivity contribution in [2.75, 3.05) is 13.2 Å². The Labute approximate surface area is 89.2 Å². The highest BCUT2D eigenvalue weighted by Crippen LogP contribution is 2.07. The van der Waals surface area contributed by atoms with Crippen LogP contribution in [0, 0.1) is 0 Å². The first-order valence-electron chi connectivity index (χ1n) is 5.01. The normalized spacial score (nSPS) is 9.67. The number of ether oxygens (including phenoxy) is 2. The molecule has 1 rings (SSSR count). The van der Waals surface area contributed by atoms with Crippen LogP contribution in [-0.4, -0.2) is 24.2 Å². The van der Waals surface area contributed by atoms with E-state index in [0.29, 0.717) is 26.1 Å². The van der Waals surface area contributed by atoms with Crippen LogP contribution in [0.2, 0.25) is 0 Å². The fourth-order valence-electron chi connectivity index (χ4n) is 1.07. The van der Waals surface area contributed by atoms with Crippen LogP contribution in [0.15, 0.2) is 24.5 Å². The van der Waals surface area contributed by atoms with Crippen molar-refractivity contribution >= 4 is 5.97 Å². The summed E-state index contributed by atoms with van der Waals surface area (Å²) in [6.07, 6.45) is 4.40. The summed E-state index contributed by atoms with van der Waals surface area (Å²) in [5.41, 5.74) is 0. The van der Waals surface area contributed by atoms with Crippen molar-refractivity contribution in [2.24, 2.45) is 0 Å². The standard InChI is InChI=1S/C11H15NO3/c1-2-14-11(13)4-3-9-15-10-5-7-12-8-6-10/h5-8H,2-4,9H2,1H3. The minimum Gasteiger partial charge on any atom is -0.493 e. The molecule has 0 N–H and O–H groups in total. The van der Waals surface area contributed by atoms with Gasteiger partial charge in [0.1, 0.15) is 5.75 Å². The highest BCUT2D eigenvalue weighted by molar-refractivity contribution is 5.69. The Morgan fingerprint density at radius 3 is 2.80 bits per heavy atom. The molecule has 0 aliphatic heterocycles. The zero-order valence-corrected chi connectivity index (χ0v) is 8.81. The van der Waals surface area contributed by atoms with Gasteiger partial charge in [-0.1, -0.05) is 0 Å². The van der Waals surface area contributed by atoms with Crippen molar-refractivity contribution in [3.05, 3.63) is 24.5 Å². The maximum absolute atomic E-state index is 11.0. The minimum atomic E-state index is -0.171. The predicted octanol–water partition coefficient (Wildman–Crippen LogP) is 1.80. The van der Waals surface area contributed by atoms with Gasteiger partial charge in [0.15, 0.2) is 0 Å². The van der Waals surface area contributed by atoms with E-state index in [1.54, 1.807) is 31.5 Å². The molecule has 0 atom stereocenters. The maximum Gasteiger partial charge on any atom is 0.305 e. The number of carbonyl (C=O) groups is 1. The lowest BCUT2D eigenvalue weighted by Crippen LogP contribution is -2.06. The van der Waals surface area contributed by atoms with E-state index in [1.807, 2.05) is 0 Å². The number of esters is 1. The topological polar surface area (TPSA) is 48.4 Å². The quantitative estimate of drug-likeness (QED) is 0.529. The third-order valence-corrected chi connectivity index (χ3v) is 1.75. The lowest BCUT2D eigenvalue weighted by molar-refractivity contribution is -0.143. The summed E-state index contributed by atoms with van der Waals surface area (Å²) >= 11 is 0. The molecule has 0 aromatic carbocycles. The number of carbonyl (C=O) groups excluding carboxylic acids is 1. The molecule has 1 heterocycles. The SMILES string of the molecule is CCOC(=O)CCCOc1ccncc1. The van der Waals surface area contributed by atoms with E-state index >= 15 is 0 Å². The van der Waals surface area contributed by atoms with Gasteiger partial charge in [0.2, 0.25) is 0 Å². The first kappa shape index (κ1) is 11.5. The second kappa shape index (κ2) is 6.81. The molecule has 0 unspecified atom stereocenters. The van der Waals surface area contributed by atoms with Crippen LogP contribution in [0.25, 0.3) is 0 Å². The highest BCUT2D eigenvalue weighted by atomic mass is 16.5. The predicted molar refractivity (Wildman–Crippen MR) is 55.6 cm³/mol. The monoisotopic (exact) mass is 209 g/mol. The number of nitrogens with zero attached hydrogens (tertiary/aromatic N) is 1. The van der Waals surface area contributed by atoms with Gasteiger partial charge in [-0.15, -0.1) is 0 Å². The van der Waals surface area contributed by atoms with Gasteiger partial charge in [-0.2, -0.15) is 0 Å². The number of pyridine rings is 1. The average Bonchev–Trinajstić information content (AvgIpc) is 2.26. The summed E-state index contributed by atoms with van der Waals surface area (Å²) in [4.78, 5) is 14.8. The maximum atomic E-state index is 11.0. The zero-order chi connectivity index (χ0) is 10.9. The number of hydrogen-bond acceptors (Lipinski definition) is 4. The molecule has 0 spiro atoms. The van der Waals surface area contributed by atoms with E-state index in [1.165, 1.54) is 0 Å². The lowest BCUT2D eigenvalue weighted by atomic mass is 10.3. The summed E-state index contributed by atoms with van der Waals surface area (Å²) in [5.74, 6) is 0.602. The lowest BCUT2D eigenvalue weighted by Gasteiger charge is -2.05. The summed E-state index contributed by atoms with van der Waals surface area (Å²) < 4.78 is 10.2. The molecule has 0 saturated carbocycles. The average molecular weight is 209 g/mol. The van der Waals surface area contributed by atoms with Crippen molar-refractivity contribution in [1.29, 1.82) is 0 Å². The van der Waals surface area contributed by atoms with Gasteiger partial charge in [0.05, 0.1) is 13.2 Å². The summed E-state index contributed by atoms with van der Waals surface area (Å²) in [5, 5.41) is 0.